The molecule has 0 aliphatic carbocycles. The Labute approximate surface area is 272 Å². The predicted octanol–water partition coefficient (Wildman–Crippen LogP) is 4.47. The molecule has 3 unspecified atom stereocenters. The number of hydrogen-bond acceptors (Lipinski definition) is 7. The van der Waals surface area contributed by atoms with E-state index in [1.807, 2.05) is 36.4 Å². The second kappa shape index (κ2) is 14.3. The summed E-state index contributed by atoms with van der Waals surface area (Å²) in [6.45, 7) is 7.62. The summed E-state index contributed by atoms with van der Waals surface area (Å²) in [5.41, 5.74) is 0.201. The molecular formula is C35H41BrN2O7. The third-order valence-electron chi connectivity index (χ3n) is 9.16. The maximum Gasteiger partial charge on any atom is 0.312 e. The topological polar surface area (TPSA) is 106 Å². The van der Waals surface area contributed by atoms with Crippen LogP contribution in [0.25, 0.3) is 0 Å². The van der Waals surface area contributed by atoms with Crippen LogP contribution in [-0.4, -0.2) is 83.3 Å². The van der Waals surface area contributed by atoms with Crippen molar-refractivity contribution in [2.24, 2.45) is 11.8 Å². The molecule has 3 aliphatic rings. The molecule has 0 saturated carbocycles. The van der Waals surface area contributed by atoms with Crippen molar-refractivity contribution in [1.82, 2.24) is 4.90 Å². The number of benzene rings is 2. The number of fused-ring (bicyclic) bond motifs is 1. The Kier molecular flexibility index (Phi) is 10.5. The van der Waals surface area contributed by atoms with Crippen molar-refractivity contribution < 1.29 is 33.7 Å². The second-order valence-electron chi connectivity index (χ2n) is 11.8. The van der Waals surface area contributed by atoms with Gasteiger partial charge in [-0.1, -0.05) is 58.4 Å². The van der Waals surface area contributed by atoms with E-state index in [1.165, 1.54) is 4.90 Å². The molecule has 5 rings (SSSR count). The number of methoxy groups -OCH3 is 1. The molecule has 240 valence electrons. The molecule has 2 aromatic carbocycles. The molecule has 10 heteroatoms. The number of nitrogens with zero attached hydrogens (tertiary/aromatic N) is 2. The Balaban J connectivity index is 1.55. The van der Waals surface area contributed by atoms with Gasteiger partial charge in [-0.2, -0.15) is 0 Å². The Morgan fingerprint density at radius 1 is 1.16 bits per heavy atom. The van der Waals surface area contributed by atoms with Gasteiger partial charge in [-0.25, -0.2) is 0 Å². The van der Waals surface area contributed by atoms with Crippen LogP contribution in [0.4, 0.5) is 5.69 Å². The lowest BCUT2D eigenvalue weighted by molar-refractivity contribution is -0.155. The minimum absolute atomic E-state index is 0.171. The van der Waals surface area contributed by atoms with Gasteiger partial charge in [-0.05, 0) is 61.9 Å². The Bertz CT molecular complexity index is 1390. The highest BCUT2D eigenvalue weighted by molar-refractivity contribution is 9.09. The van der Waals surface area contributed by atoms with E-state index in [2.05, 4.69) is 29.1 Å². The summed E-state index contributed by atoms with van der Waals surface area (Å²) >= 11 is 3.71. The molecule has 0 aromatic heterocycles. The maximum atomic E-state index is 14.9. The first-order valence-corrected chi connectivity index (χ1v) is 16.4. The average Bonchev–Trinajstić information content (AvgIpc) is 3.65. The Morgan fingerprint density at radius 2 is 1.89 bits per heavy atom. The maximum absolute atomic E-state index is 14.9. The van der Waals surface area contributed by atoms with Crippen LogP contribution in [0.5, 0.6) is 5.75 Å². The number of aliphatic hydroxyl groups is 1. The van der Waals surface area contributed by atoms with E-state index in [0.29, 0.717) is 30.7 Å². The lowest BCUT2D eigenvalue weighted by atomic mass is 9.70. The first-order chi connectivity index (χ1) is 21.8. The summed E-state index contributed by atoms with van der Waals surface area (Å²) in [5.74, 6) is -2.45. The molecule has 45 heavy (non-hydrogen) atoms. The van der Waals surface area contributed by atoms with E-state index < -0.39 is 41.6 Å². The van der Waals surface area contributed by atoms with E-state index in [4.69, 9.17) is 14.2 Å². The third-order valence-corrected chi connectivity index (χ3v) is 10.0. The summed E-state index contributed by atoms with van der Waals surface area (Å²) in [5, 5.41) is 10.7. The van der Waals surface area contributed by atoms with Crippen LogP contribution in [0.2, 0.25) is 0 Å². The third kappa shape index (κ3) is 6.20. The van der Waals surface area contributed by atoms with Crippen LogP contribution in [0, 0.1) is 11.8 Å². The van der Waals surface area contributed by atoms with Crippen molar-refractivity contribution in [1.29, 1.82) is 0 Å². The molecular weight excluding hydrogens is 640 g/mol. The van der Waals surface area contributed by atoms with Gasteiger partial charge in [0.2, 0.25) is 5.91 Å². The number of carbonyl (C=O) groups is 3. The van der Waals surface area contributed by atoms with Crippen LogP contribution < -0.4 is 9.64 Å². The zero-order chi connectivity index (χ0) is 32.1. The minimum atomic E-state index is -1.30. The summed E-state index contributed by atoms with van der Waals surface area (Å²) in [7, 11) is 1.57. The van der Waals surface area contributed by atoms with Crippen LogP contribution in [0.3, 0.4) is 0 Å². The molecule has 0 radical (unpaired) electrons. The smallest absolute Gasteiger partial charge is 0.312 e. The lowest BCUT2D eigenvalue weighted by Gasteiger charge is -2.39. The fraction of sp³-hybridized carbons (Fsp3) is 0.457. The van der Waals surface area contributed by atoms with E-state index >= 15 is 0 Å². The number of amides is 2. The molecule has 3 aliphatic heterocycles. The van der Waals surface area contributed by atoms with Crippen LogP contribution in [-0.2, 0) is 30.3 Å². The molecule has 3 fully saturated rings. The van der Waals surface area contributed by atoms with Crippen molar-refractivity contribution in [3.8, 4) is 5.75 Å². The number of allylic oxidation sites excluding steroid dienone is 1. The van der Waals surface area contributed by atoms with E-state index in [1.54, 1.807) is 42.4 Å². The predicted molar refractivity (Wildman–Crippen MR) is 174 cm³/mol. The quantitative estimate of drug-likeness (QED) is 0.128. The van der Waals surface area contributed by atoms with Gasteiger partial charge < -0.3 is 29.1 Å². The summed E-state index contributed by atoms with van der Waals surface area (Å²) in [4.78, 5) is 45.9. The SMILES string of the molecule is C=CCCCCOC(=O)[C@H]1[C@H]2C(=O)N([C@@H](CO)Cc3ccccc3)C(C(=O)N(CC=C)c3ccc(OC)cc3)C23CC(Br)[C@@H]1O3. The number of rotatable bonds is 15. The fourth-order valence-electron chi connectivity index (χ4n) is 7.17. The number of unbranched alkanes of at least 4 members (excludes halogenated alkanes) is 2. The number of halogens is 1. The van der Waals surface area contributed by atoms with Gasteiger partial charge in [0, 0.05) is 17.1 Å². The normalized spacial score (nSPS) is 27.1. The summed E-state index contributed by atoms with van der Waals surface area (Å²) in [6.07, 6.45) is 5.80. The Hall–Kier alpha value is -3.47. The molecule has 9 nitrogen and oxygen atoms in total. The summed E-state index contributed by atoms with van der Waals surface area (Å²) < 4.78 is 17.7. The van der Waals surface area contributed by atoms with Gasteiger partial charge in [-0.15, -0.1) is 13.2 Å². The fourth-order valence-corrected chi connectivity index (χ4v) is 8.11. The molecule has 2 amide bonds. The average molecular weight is 682 g/mol. The van der Waals surface area contributed by atoms with Gasteiger partial charge in [-0.3, -0.25) is 14.4 Å². The molecule has 1 N–H and O–H groups in total. The zero-order valence-corrected chi connectivity index (χ0v) is 27.1. The van der Waals surface area contributed by atoms with Gasteiger partial charge in [0.05, 0.1) is 44.3 Å². The van der Waals surface area contributed by atoms with Gasteiger partial charge in [0.1, 0.15) is 17.4 Å². The highest BCUT2D eigenvalue weighted by atomic mass is 79.9. The first kappa shape index (κ1) is 32.9. The standard InChI is InChI=1S/C35H41BrN2O7/c1-4-6-7-11-19-44-34(42)28-29-32(40)38(25(22-39)20-23-12-9-8-10-13-23)31(35(29)21-27(36)30(28)45-35)33(41)37(18-5-2)24-14-16-26(43-3)17-15-24/h4-5,8-10,12-17,25,27-31,39H,1-2,6-7,11,18-22H2,3H3/t25-,27?,28+,29+,30+,31?,35?/m1/s1. The second-order valence-corrected chi connectivity index (χ2v) is 13.0. The number of hydrogen-bond donors (Lipinski definition) is 1. The zero-order valence-electron chi connectivity index (χ0n) is 25.6. The van der Waals surface area contributed by atoms with Gasteiger partial charge >= 0.3 is 5.97 Å². The monoisotopic (exact) mass is 680 g/mol. The van der Waals surface area contributed by atoms with Crippen molar-refractivity contribution in [2.75, 3.05) is 31.8 Å². The number of ether oxygens (including phenoxy) is 3. The number of likely N-dealkylation sites (tertiary alicyclic amines) is 1. The number of esters is 1. The van der Waals surface area contributed by atoms with Gasteiger partial charge in [0.25, 0.3) is 5.91 Å². The Morgan fingerprint density at radius 3 is 2.53 bits per heavy atom. The van der Waals surface area contributed by atoms with Crippen LogP contribution in [0.1, 0.15) is 31.2 Å². The van der Waals surface area contributed by atoms with Crippen molar-refractivity contribution in [3.05, 3.63) is 85.5 Å². The van der Waals surface area contributed by atoms with Gasteiger partial charge in [0.15, 0.2) is 0 Å². The van der Waals surface area contributed by atoms with E-state index in [0.717, 1.165) is 18.4 Å². The largest absolute Gasteiger partial charge is 0.497 e. The van der Waals surface area contributed by atoms with Crippen LogP contribution in [0.15, 0.2) is 79.9 Å². The molecule has 3 heterocycles. The van der Waals surface area contributed by atoms with Crippen molar-refractivity contribution in [3.63, 3.8) is 0 Å². The number of alkyl halides is 1. The van der Waals surface area contributed by atoms with Crippen molar-refractivity contribution in [2.45, 2.75) is 60.7 Å². The molecule has 2 bridgehead atoms. The number of anilines is 1. The molecule has 2 aromatic rings. The molecule has 3 saturated heterocycles. The molecule has 7 atom stereocenters. The first-order valence-electron chi connectivity index (χ1n) is 15.4. The van der Waals surface area contributed by atoms with Crippen molar-refractivity contribution >= 4 is 39.4 Å². The summed E-state index contributed by atoms with van der Waals surface area (Å²) in [6, 6.07) is 14.8. The minimum Gasteiger partial charge on any atom is -0.497 e. The lowest BCUT2D eigenvalue weighted by Crippen LogP contribution is -2.59. The highest BCUT2D eigenvalue weighted by Crippen LogP contribution is 2.61. The molecule has 1 spiro atoms. The van der Waals surface area contributed by atoms with E-state index in [9.17, 15) is 19.5 Å². The highest BCUT2D eigenvalue weighted by Gasteiger charge is 2.77. The number of aliphatic hydroxyl groups excluding tert-OH is 1. The van der Waals surface area contributed by atoms with Crippen LogP contribution >= 0.6 is 15.9 Å². The number of carbonyl (C=O) groups excluding carboxylic acids is 3. The van der Waals surface area contributed by atoms with E-state index in [-0.39, 0.29) is 36.4 Å².